The number of carbonyl (C=O) groups is 2. The summed E-state index contributed by atoms with van der Waals surface area (Å²) in [6.07, 6.45) is 1.91. The molecule has 1 aromatic rings. The lowest BCUT2D eigenvalue weighted by atomic mass is 9.88. The zero-order valence-corrected chi connectivity index (χ0v) is 15.6. The highest BCUT2D eigenvalue weighted by molar-refractivity contribution is 5.94. The number of benzene rings is 1. The van der Waals surface area contributed by atoms with Gasteiger partial charge in [0, 0.05) is 31.1 Å². The summed E-state index contributed by atoms with van der Waals surface area (Å²) in [6.45, 7) is 6.20. The second kappa shape index (κ2) is 9.20. The first-order valence-electron chi connectivity index (χ1n) is 8.98. The van der Waals surface area contributed by atoms with E-state index in [0.29, 0.717) is 11.8 Å². The molecule has 2 saturated heterocycles. The molecule has 0 radical (unpaired) electrons. The molecule has 2 aliphatic rings. The molecule has 0 saturated carbocycles. The molecular formula is C19H28ClN3O2. The summed E-state index contributed by atoms with van der Waals surface area (Å²) in [5.41, 5.74) is 0.757. The molecule has 1 atom stereocenters. The largest absolute Gasteiger partial charge is 0.356 e. The van der Waals surface area contributed by atoms with E-state index in [9.17, 15) is 9.59 Å². The van der Waals surface area contributed by atoms with Gasteiger partial charge in [0.15, 0.2) is 0 Å². The van der Waals surface area contributed by atoms with Gasteiger partial charge < -0.3 is 15.5 Å². The van der Waals surface area contributed by atoms with Gasteiger partial charge in [-0.05, 0) is 49.9 Å². The minimum atomic E-state index is 0. The Hall–Kier alpha value is -1.59. The van der Waals surface area contributed by atoms with Crippen molar-refractivity contribution in [3.63, 3.8) is 0 Å². The van der Waals surface area contributed by atoms with E-state index in [1.54, 1.807) is 0 Å². The fraction of sp³-hybridized carbons (Fsp3) is 0.579. The molecule has 6 heteroatoms. The maximum atomic E-state index is 12.4. The highest BCUT2D eigenvalue weighted by Crippen LogP contribution is 2.20. The van der Waals surface area contributed by atoms with E-state index in [-0.39, 0.29) is 30.1 Å². The SMILES string of the molecule is CC(C(=O)NCC1CCN(C(=O)c2ccccc2)CC1)C1CNC1.Cl. The Morgan fingerprint density at radius 3 is 2.40 bits per heavy atom. The lowest BCUT2D eigenvalue weighted by Crippen LogP contribution is -2.50. The van der Waals surface area contributed by atoms with Crippen LogP contribution in [0.3, 0.4) is 0 Å². The number of hydrogen-bond donors (Lipinski definition) is 2. The van der Waals surface area contributed by atoms with Crippen LogP contribution in [0.2, 0.25) is 0 Å². The number of nitrogens with one attached hydrogen (secondary N) is 2. The Morgan fingerprint density at radius 2 is 1.84 bits per heavy atom. The van der Waals surface area contributed by atoms with Gasteiger partial charge in [0.25, 0.3) is 5.91 Å². The van der Waals surface area contributed by atoms with Crippen molar-refractivity contribution in [2.24, 2.45) is 17.8 Å². The van der Waals surface area contributed by atoms with Crippen molar-refractivity contribution < 1.29 is 9.59 Å². The molecule has 3 rings (SSSR count). The molecule has 0 aromatic heterocycles. The van der Waals surface area contributed by atoms with Crippen LogP contribution < -0.4 is 10.6 Å². The minimum absolute atomic E-state index is 0. The summed E-state index contributed by atoms with van der Waals surface area (Å²) in [7, 11) is 0. The molecule has 138 valence electrons. The third-order valence-corrected chi connectivity index (χ3v) is 5.42. The third kappa shape index (κ3) is 4.95. The second-order valence-corrected chi connectivity index (χ2v) is 7.05. The summed E-state index contributed by atoms with van der Waals surface area (Å²) in [5.74, 6) is 1.33. The van der Waals surface area contributed by atoms with Crippen molar-refractivity contribution in [3.05, 3.63) is 35.9 Å². The molecular weight excluding hydrogens is 338 g/mol. The molecule has 2 aliphatic heterocycles. The summed E-state index contributed by atoms with van der Waals surface area (Å²) < 4.78 is 0. The van der Waals surface area contributed by atoms with Crippen molar-refractivity contribution in [1.82, 2.24) is 15.5 Å². The van der Waals surface area contributed by atoms with E-state index in [1.807, 2.05) is 42.2 Å². The highest BCUT2D eigenvalue weighted by atomic mass is 35.5. The number of nitrogens with zero attached hydrogens (tertiary/aromatic N) is 1. The molecule has 5 nitrogen and oxygen atoms in total. The normalized spacial score (nSPS) is 19.5. The number of carbonyl (C=O) groups excluding carboxylic acids is 2. The zero-order valence-electron chi connectivity index (χ0n) is 14.7. The summed E-state index contributed by atoms with van der Waals surface area (Å²) in [5, 5.41) is 6.32. The van der Waals surface area contributed by atoms with E-state index >= 15 is 0 Å². The molecule has 2 heterocycles. The summed E-state index contributed by atoms with van der Waals surface area (Å²) in [4.78, 5) is 26.5. The zero-order chi connectivity index (χ0) is 16.9. The van der Waals surface area contributed by atoms with Crippen molar-refractivity contribution in [2.75, 3.05) is 32.7 Å². The Morgan fingerprint density at radius 1 is 1.20 bits per heavy atom. The molecule has 2 fully saturated rings. The number of amides is 2. The molecule has 0 aliphatic carbocycles. The lowest BCUT2D eigenvalue weighted by molar-refractivity contribution is -0.126. The molecule has 25 heavy (non-hydrogen) atoms. The summed E-state index contributed by atoms with van der Waals surface area (Å²) >= 11 is 0. The number of hydrogen-bond acceptors (Lipinski definition) is 3. The van der Waals surface area contributed by atoms with Gasteiger partial charge >= 0.3 is 0 Å². The molecule has 0 spiro atoms. The predicted molar refractivity (Wildman–Crippen MR) is 101 cm³/mol. The first-order valence-corrected chi connectivity index (χ1v) is 8.98. The Kier molecular flexibility index (Phi) is 7.26. The van der Waals surface area contributed by atoms with Crippen LogP contribution >= 0.6 is 12.4 Å². The lowest BCUT2D eigenvalue weighted by Gasteiger charge is -2.34. The van der Waals surface area contributed by atoms with Gasteiger partial charge in [-0.2, -0.15) is 0 Å². The number of piperidine rings is 1. The molecule has 2 N–H and O–H groups in total. The molecule has 2 amide bonds. The van der Waals surface area contributed by atoms with Gasteiger partial charge in [-0.15, -0.1) is 12.4 Å². The van der Waals surface area contributed by atoms with Crippen LogP contribution in [0.5, 0.6) is 0 Å². The van der Waals surface area contributed by atoms with E-state index < -0.39 is 0 Å². The number of rotatable bonds is 5. The maximum Gasteiger partial charge on any atom is 0.253 e. The van der Waals surface area contributed by atoms with Crippen LogP contribution in [-0.4, -0.2) is 49.4 Å². The standard InChI is InChI=1S/C19H27N3O2.ClH/c1-14(17-12-20-13-17)18(23)21-11-15-7-9-22(10-8-15)19(24)16-5-3-2-4-6-16;/h2-6,14-15,17,20H,7-13H2,1H3,(H,21,23);1H. The summed E-state index contributed by atoms with van der Waals surface area (Å²) in [6, 6.07) is 9.45. The van der Waals surface area contributed by atoms with Crippen LogP contribution in [0.1, 0.15) is 30.1 Å². The van der Waals surface area contributed by atoms with E-state index in [0.717, 1.165) is 51.1 Å². The Labute approximate surface area is 155 Å². The van der Waals surface area contributed by atoms with Crippen molar-refractivity contribution in [2.45, 2.75) is 19.8 Å². The second-order valence-electron chi connectivity index (χ2n) is 7.05. The van der Waals surface area contributed by atoms with E-state index in [4.69, 9.17) is 0 Å². The maximum absolute atomic E-state index is 12.4. The van der Waals surface area contributed by atoms with Gasteiger partial charge in [0.05, 0.1) is 0 Å². The monoisotopic (exact) mass is 365 g/mol. The van der Waals surface area contributed by atoms with Crippen LogP contribution in [0.15, 0.2) is 30.3 Å². The van der Waals surface area contributed by atoms with E-state index in [1.165, 1.54) is 0 Å². The number of likely N-dealkylation sites (tertiary alicyclic amines) is 1. The quantitative estimate of drug-likeness (QED) is 0.838. The Bertz CT molecular complexity index is 569. The van der Waals surface area contributed by atoms with Crippen LogP contribution in [0, 0.1) is 17.8 Å². The van der Waals surface area contributed by atoms with Gasteiger partial charge in [-0.25, -0.2) is 0 Å². The minimum Gasteiger partial charge on any atom is -0.356 e. The van der Waals surface area contributed by atoms with Crippen molar-refractivity contribution in [3.8, 4) is 0 Å². The molecule has 1 aromatic carbocycles. The van der Waals surface area contributed by atoms with Crippen LogP contribution in [0.4, 0.5) is 0 Å². The first-order chi connectivity index (χ1) is 11.6. The van der Waals surface area contributed by atoms with E-state index in [2.05, 4.69) is 10.6 Å². The highest BCUT2D eigenvalue weighted by Gasteiger charge is 2.29. The van der Waals surface area contributed by atoms with Gasteiger partial charge in [0.2, 0.25) is 5.91 Å². The first kappa shape index (κ1) is 19.7. The van der Waals surface area contributed by atoms with Crippen molar-refractivity contribution >= 4 is 24.2 Å². The average Bonchev–Trinajstić information content (AvgIpc) is 2.58. The van der Waals surface area contributed by atoms with Gasteiger partial charge in [-0.3, -0.25) is 9.59 Å². The Balaban J connectivity index is 0.00000225. The topological polar surface area (TPSA) is 61.4 Å². The fourth-order valence-corrected chi connectivity index (χ4v) is 3.39. The van der Waals surface area contributed by atoms with Crippen LogP contribution in [-0.2, 0) is 4.79 Å². The molecule has 1 unspecified atom stereocenters. The smallest absolute Gasteiger partial charge is 0.253 e. The van der Waals surface area contributed by atoms with Crippen LogP contribution in [0.25, 0.3) is 0 Å². The molecule has 0 bridgehead atoms. The van der Waals surface area contributed by atoms with Gasteiger partial charge in [-0.1, -0.05) is 25.1 Å². The van der Waals surface area contributed by atoms with Gasteiger partial charge in [0.1, 0.15) is 0 Å². The van der Waals surface area contributed by atoms with Crippen molar-refractivity contribution in [1.29, 1.82) is 0 Å². The fourth-order valence-electron chi connectivity index (χ4n) is 3.39. The third-order valence-electron chi connectivity index (χ3n) is 5.42. The number of halogens is 1. The predicted octanol–water partition coefficient (Wildman–Crippen LogP) is 1.93. The average molecular weight is 366 g/mol.